The fourth-order valence-corrected chi connectivity index (χ4v) is 2.62. The molecule has 1 amide bonds. The molecule has 0 saturated carbocycles. The number of ether oxygens (including phenoxy) is 1. The van der Waals surface area contributed by atoms with Crippen molar-refractivity contribution in [1.29, 1.82) is 0 Å². The molecule has 8 heteroatoms. The molecular formula is C12H20F3N3O2. The zero-order valence-electron chi connectivity index (χ0n) is 11.2. The van der Waals surface area contributed by atoms with Crippen molar-refractivity contribution < 1.29 is 22.7 Å². The highest BCUT2D eigenvalue weighted by Crippen LogP contribution is 2.22. The van der Waals surface area contributed by atoms with Crippen molar-refractivity contribution in [2.45, 2.75) is 31.2 Å². The number of carbonyl (C=O) groups is 1. The number of amides is 1. The van der Waals surface area contributed by atoms with Gasteiger partial charge in [0.05, 0.1) is 19.3 Å². The van der Waals surface area contributed by atoms with E-state index in [0.29, 0.717) is 19.2 Å². The third-order valence-corrected chi connectivity index (χ3v) is 3.61. The Morgan fingerprint density at radius 1 is 1.40 bits per heavy atom. The van der Waals surface area contributed by atoms with Crippen molar-refractivity contribution in [2.75, 3.05) is 39.3 Å². The topological polar surface area (TPSA) is 53.6 Å². The van der Waals surface area contributed by atoms with Gasteiger partial charge in [-0.2, -0.15) is 13.2 Å². The third kappa shape index (κ3) is 4.92. The van der Waals surface area contributed by atoms with Crippen LogP contribution in [0.25, 0.3) is 0 Å². The first-order chi connectivity index (χ1) is 9.44. The van der Waals surface area contributed by atoms with Crippen LogP contribution in [0.2, 0.25) is 0 Å². The smallest absolute Gasteiger partial charge is 0.374 e. The lowest BCUT2D eigenvalue weighted by Gasteiger charge is -2.35. The molecule has 0 aromatic heterocycles. The normalized spacial score (nSPS) is 27.4. The molecule has 2 aliphatic rings. The summed E-state index contributed by atoms with van der Waals surface area (Å²) in [6, 6.07) is 0.515. The van der Waals surface area contributed by atoms with Crippen molar-refractivity contribution in [1.82, 2.24) is 15.5 Å². The highest BCUT2D eigenvalue weighted by molar-refractivity contribution is 5.77. The van der Waals surface area contributed by atoms with Crippen LogP contribution in [0, 0.1) is 0 Å². The molecule has 2 rings (SSSR count). The quantitative estimate of drug-likeness (QED) is 0.756. The van der Waals surface area contributed by atoms with Gasteiger partial charge in [0, 0.05) is 19.1 Å². The molecule has 5 nitrogen and oxygen atoms in total. The number of morpholine rings is 1. The molecule has 2 heterocycles. The average molecular weight is 295 g/mol. The van der Waals surface area contributed by atoms with Crippen LogP contribution in [-0.2, 0) is 9.53 Å². The molecule has 0 aromatic carbocycles. The number of fused-ring (bicyclic) bond motifs is 1. The van der Waals surface area contributed by atoms with E-state index in [-0.39, 0.29) is 12.6 Å². The summed E-state index contributed by atoms with van der Waals surface area (Å²) in [6.07, 6.45) is -2.01. The molecule has 0 aromatic rings. The van der Waals surface area contributed by atoms with Crippen molar-refractivity contribution >= 4 is 5.91 Å². The van der Waals surface area contributed by atoms with Gasteiger partial charge in [-0.15, -0.1) is 0 Å². The highest BCUT2D eigenvalue weighted by atomic mass is 19.4. The van der Waals surface area contributed by atoms with E-state index in [2.05, 4.69) is 10.2 Å². The van der Waals surface area contributed by atoms with Crippen molar-refractivity contribution in [3.8, 4) is 0 Å². The summed E-state index contributed by atoms with van der Waals surface area (Å²) >= 11 is 0. The van der Waals surface area contributed by atoms with Gasteiger partial charge in [-0.25, -0.2) is 0 Å². The Morgan fingerprint density at radius 3 is 2.95 bits per heavy atom. The number of halogens is 3. The first kappa shape index (κ1) is 15.5. The van der Waals surface area contributed by atoms with Gasteiger partial charge in [0.25, 0.3) is 0 Å². The van der Waals surface area contributed by atoms with Gasteiger partial charge >= 0.3 is 6.18 Å². The molecule has 20 heavy (non-hydrogen) atoms. The fourth-order valence-electron chi connectivity index (χ4n) is 2.62. The SMILES string of the molecule is O=C(CNCC1CN2CCCC2CO1)NCC(F)(F)F. The maximum atomic E-state index is 11.9. The van der Waals surface area contributed by atoms with E-state index >= 15 is 0 Å². The van der Waals surface area contributed by atoms with E-state index in [0.717, 1.165) is 13.1 Å². The molecule has 0 radical (unpaired) electrons. The van der Waals surface area contributed by atoms with Crippen molar-refractivity contribution in [3.63, 3.8) is 0 Å². The Bertz CT molecular complexity index is 338. The summed E-state index contributed by atoms with van der Waals surface area (Å²) in [5.74, 6) is -0.655. The molecule has 0 aliphatic carbocycles. The van der Waals surface area contributed by atoms with Gasteiger partial charge in [-0.05, 0) is 19.4 Å². The standard InChI is InChI=1S/C12H20F3N3O2/c13-12(14,15)8-17-11(19)5-16-4-10-6-18-3-1-2-9(18)7-20-10/h9-10,16H,1-8H2,(H,17,19). The van der Waals surface area contributed by atoms with Crippen molar-refractivity contribution in [2.24, 2.45) is 0 Å². The number of hydrogen-bond acceptors (Lipinski definition) is 4. The first-order valence-corrected chi connectivity index (χ1v) is 6.84. The Morgan fingerprint density at radius 2 is 2.20 bits per heavy atom. The van der Waals surface area contributed by atoms with Crippen LogP contribution in [0.4, 0.5) is 13.2 Å². The van der Waals surface area contributed by atoms with E-state index in [4.69, 9.17) is 4.74 Å². The Hall–Kier alpha value is -0.860. The lowest BCUT2D eigenvalue weighted by molar-refractivity contribution is -0.138. The van der Waals surface area contributed by atoms with Gasteiger partial charge in [0.1, 0.15) is 6.54 Å². The number of hydrogen-bond donors (Lipinski definition) is 2. The van der Waals surface area contributed by atoms with E-state index < -0.39 is 18.6 Å². The summed E-state index contributed by atoms with van der Waals surface area (Å²) < 4.78 is 41.4. The van der Waals surface area contributed by atoms with E-state index in [1.165, 1.54) is 12.8 Å². The second-order valence-corrected chi connectivity index (χ2v) is 5.27. The van der Waals surface area contributed by atoms with Crippen molar-refractivity contribution in [3.05, 3.63) is 0 Å². The van der Waals surface area contributed by atoms with Gasteiger partial charge in [0.2, 0.25) is 5.91 Å². The van der Waals surface area contributed by atoms with Gasteiger partial charge in [-0.3, -0.25) is 9.69 Å². The largest absolute Gasteiger partial charge is 0.405 e. The second kappa shape index (κ2) is 6.73. The molecule has 0 bridgehead atoms. The summed E-state index contributed by atoms with van der Waals surface area (Å²) in [6.45, 7) is 1.66. The van der Waals surface area contributed by atoms with Crippen LogP contribution >= 0.6 is 0 Å². The number of alkyl halides is 3. The van der Waals surface area contributed by atoms with E-state index in [1.807, 2.05) is 5.32 Å². The van der Waals surface area contributed by atoms with Crippen LogP contribution in [0.1, 0.15) is 12.8 Å². The monoisotopic (exact) mass is 295 g/mol. The van der Waals surface area contributed by atoms with Gasteiger partial charge < -0.3 is 15.4 Å². The van der Waals surface area contributed by atoms with E-state index in [1.54, 1.807) is 0 Å². The maximum Gasteiger partial charge on any atom is 0.405 e. The van der Waals surface area contributed by atoms with Crippen LogP contribution in [0.5, 0.6) is 0 Å². The van der Waals surface area contributed by atoms with Crippen LogP contribution < -0.4 is 10.6 Å². The molecule has 116 valence electrons. The third-order valence-electron chi connectivity index (χ3n) is 3.61. The minimum Gasteiger partial charge on any atom is -0.374 e. The number of carbonyl (C=O) groups excluding carboxylic acids is 1. The second-order valence-electron chi connectivity index (χ2n) is 5.27. The van der Waals surface area contributed by atoms with E-state index in [9.17, 15) is 18.0 Å². The zero-order chi connectivity index (χ0) is 14.6. The summed E-state index contributed by atoms with van der Waals surface area (Å²) in [4.78, 5) is 13.6. The Kier molecular flexibility index (Phi) is 5.22. The predicted molar refractivity (Wildman–Crippen MR) is 66.3 cm³/mol. The Balaban J connectivity index is 1.58. The summed E-state index contributed by atoms with van der Waals surface area (Å²) in [7, 11) is 0. The Labute approximate surface area is 115 Å². The summed E-state index contributed by atoms with van der Waals surface area (Å²) in [5.41, 5.74) is 0. The first-order valence-electron chi connectivity index (χ1n) is 6.84. The zero-order valence-corrected chi connectivity index (χ0v) is 11.2. The fraction of sp³-hybridized carbons (Fsp3) is 0.917. The molecule has 2 saturated heterocycles. The minimum absolute atomic E-state index is 0.000217. The lowest BCUT2D eigenvalue weighted by Crippen LogP contribution is -2.50. The molecule has 2 N–H and O–H groups in total. The van der Waals surface area contributed by atoms with Crippen LogP contribution in [-0.4, -0.2) is 68.5 Å². The molecule has 0 spiro atoms. The average Bonchev–Trinajstić information content (AvgIpc) is 2.83. The molecule has 2 unspecified atom stereocenters. The molecule has 2 aliphatic heterocycles. The van der Waals surface area contributed by atoms with Crippen LogP contribution in [0.3, 0.4) is 0 Å². The maximum absolute atomic E-state index is 11.9. The van der Waals surface area contributed by atoms with Crippen LogP contribution in [0.15, 0.2) is 0 Å². The molecular weight excluding hydrogens is 275 g/mol. The number of rotatable bonds is 5. The van der Waals surface area contributed by atoms with Gasteiger partial charge in [0.15, 0.2) is 0 Å². The van der Waals surface area contributed by atoms with Gasteiger partial charge in [-0.1, -0.05) is 0 Å². The molecule has 2 fully saturated rings. The number of nitrogens with zero attached hydrogens (tertiary/aromatic N) is 1. The summed E-state index contributed by atoms with van der Waals surface area (Å²) in [5, 5.41) is 4.66. The number of nitrogens with one attached hydrogen (secondary N) is 2. The highest BCUT2D eigenvalue weighted by Gasteiger charge is 2.32. The molecule has 2 atom stereocenters. The minimum atomic E-state index is -4.37. The predicted octanol–water partition coefficient (Wildman–Crippen LogP) is 0.118. The lowest BCUT2D eigenvalue weighted by atomic mass is 10.2.